The molecule has 3 aromatic carbocycles. The van der Waals surface area contributed by atoms with Crippen molar-refractivity contribution in [3.8, 4) is 0 Å². The Labute approximate surface area is 174 Å². The lowest BCUT2D eigenvalue weighted by Gasteiger charge is -2.15. The number of non-ortho nitro benzene ring substituents is 1. The average molecular weight is 421 g/mol. The highest BCUT2D eigenvalue weighted by molar-refractivity contribution is 6.46. The van der Waals surface area contributed by atoms with E-state index in [0.29, 0.717) is 5.69 Å². The molecule has 1 N–H and O–H groups in total. The van der Waals surface area contributed by atoms with E-state index in [-0.39, 0.29) is 28.2 Å². The normalized spacial score (nSPS) is 13.7. The summed E-state index contributed by atoms with van der Waals surface area (Å²) in [5, 5.41) is 13.6. The van der Waals surface area contributed by atoms with Crippen LogP contribution in [-0.2, 0) is 9.59 Å². The van der Waals surface area contributed by atoms with Gasteiger partial charge in [-0.2, -0.15) is 0 Å². The molecule has 0 radical (unpaired) electrons. The zero-order valence-corrected chi connectivity index (χ0v) is 15.7. The van der Waals surface area contributed by atoms with Crippen LogP contribution in [0.25, 0.3) is 5.57 Å². The van der Waals surface area contributed by atoms with Crippen molar-refractivity contribution >= 4 is 34.4 Å². The molecular weight excluding hydrogens is 408 g/mol. The summed E-state index contributed by atoms with van der Waals surface area (Å²) in [7, 11) is 0. The third kappa shape index (κ3) is 3.64. The van der Waals surface area contributed by atoms with Crippen molar-refractivity contribution in [2.75, 3.05) is 10.2 Å². The van der Waals surface area contributed by atoms with E-state index in [9.17, 15) is 28.5 Å². The summed E-state index contributed by atoms with van der Waals surface area (Å²) in [6.07, 6.45) is 0. The zero-order chi connectivity index (χ0) is 22.1. The van der Waals surface area contributed by atoms with Gasteiger partial charge in [-0.15, -0.1) is 0 Å². The molecule has 2 amide bonds. The van der Waals surface area contributed by atoms with Crippen LogP contribution in [0.1, 0.15) is 5.56 Å². The Morgan fingerprint density at radius 2 is 1.52 bits per heavy atom. The van der Waals surface area contributed by atoms with Gasteiger partial charge in [-0.1, -0.05) is 18.2 Å². The molecule has 0 aliphatic carbocycles. The second-order valence-electron chi connectivity index (χ2n) is 6.59. The Morgan fingerprint density at radius 1 is 0.839 bits per heavy atom. The van der Waals surface area contributed by atoms with Gasteiger partial charge in [-0.25, -0.2) is 13.7 Å². The molecule has 0 aromatic heterocycles. The van der Waals surface area contributed by atoms with Crippen LogP contribution in [0.5, 0.6) is 0 Å². The van der Waals surface area contributed by atoms with Crippen molar-refractivity contribution in [2.24, 2.45) is 0 Å². The maximum atomic E-state index is 13.7. The number of benzene rings is 3. The maximum absolute atomic E-state index is 13.7. The first-order chi connectivity index (χ1) is 14.9. The predicted octanol–water partition coefficient (Wildman–Crippen LogP) is 4.27. The van der Waals surface area contributed by atoms with Crippen molar-refractivity contribution in [2.45, 2.75) is 0 Å². The molecule has 31 heavy (non-hydrogen) atoms. The molecule has 1 aliphatic rings. The van der Waals surface area contributed by atoms with E-state index in [1.165, 1.54) is 30.3 Å². The van der Waals surface area contributed by atoms with Crippen molar-refractivity contribution in [3.63, 3.8) is 0 Å². The van der Waals surface area contributed by atoms with E-state index in [4.69, 9.17) is 0 Å². The first-order valence-corrected chi connectivity index (χ1v) is 9.02. The van der Waals surface area contributed by atoms with Crippen molar-refractivity contribution in [1.82, 2.24) is 0 Å². The van der Waals surface area contributed by atoms with E-state index in [1.54, 1.807) is 30.3 Å². The molecule has 0 fully saturated rings. The monoisotopic (exact) mass is 421 g/mol. The number of nitrogens with zero attached hydrogens (tertiary/aromatic N) is 2. The number of hydrogen-bond donors (Lipinski definition) is 1. The quantitative estimate of drug-likeness (QED) is 0.377. The van der Waals surface area contributed by atoms with Gasteiger partial charge in [0.1, 0.15) is 5.70 Å². The molecule has 1 heterocycles. The Morgan fingerprint density at radius 3 is 2.13 bits per heavy atom. The number of imide groups is 1. The van der Waals surface area contributed by atoms with Gasteiger partial charge in [0.2, 0.25) is 0 Å². The zero-order valence-electron chi connectivity index (χ0n) is 15.7. The summed E-state index contributed by atoms with van der Waals surface area (Å²) in [6, 6.07) is 16.3. The topological polar surface area (TPSA) is 92.5 Å². The Kier molecular flexibility index (Phi) is 5.00. The summed E-state index contributed by atoms with van der Waals surface area (Å²) in [5.41, 5.74) is 0.245. The van der Waals surface area contributed by atoms with Crippen LogP contribution in [0.3, 0.4) is 0 Å². The molecular formula is C22H13F2N3O4. The molecule has 154 valence electrons. The van der Waals surface area contributed by atoms with Crippen LogP contribution in [0.2, 0.25) is 0 Å². The van der Waals surface area contributed by atoms with Crippen LogP contribution < -0.4 is 10.2 Å². The van der Waals surface area contributed by atoms with E-state index in [2.05, 4.69) is 5.32 Å². The molecule has 0 bridgehead atoms. The lowest BCUT2D eigenvalue weighted by atomic mass is 10.0. The third-order valence-electron chi connectivity index (χ3n) is 4.65. The summed E-state index contributed by atoms with van der Waals surface area (Å²) in [4.78, 5) is 37.6. The SMILES string of the molecule is O=C1C(Nc2ccc(F)c(F)c2)=C(c2ccc([N+](=O)[O-])cc2)C(=O)N1c1ccccc1. The minimum Gasteiger partial charge on any atom is -0.350 e. The molecule has 3 aromatic rings. The number of rotatable bonds is 5. The number of carbonyl (C=O) groups is 2. The fraction of sp³-hybridized carbons (Fsp3) is 0. The fourth-order valence-corrected chi connectivity index (χ4v) is 3.19. The van der Waals surface area contributed by atoms with Gasteiger partial charge in [0, 0.05) is 23.9 Å². The smallest absolute Gasteiger partial charge is 0.282 e. The number of para-hydroxylation sites is 1. The number of halogens is 2. The standard InChI is InChI=1S/C22H13F2N3O4/c23-17-11-8-14(12-18(17)24)25-20-19(13-6-9-16(10-7-13)27(30)31)21(28)26(22(20)29)15-4-2-1-3-5-15/h1-12,25H. The largest absolute Gasteiger partial charge is 0.350 e. The summed E-state index contributed by atoms with van der Waals surface area (Å²) >= 11 is 0. The Hall–Kier alpha value is -4.40. The van der Waals surface area contributed by atoms with Crippen LogP contribution in [0.15, 0.2) is 78.5 Å². The number of carbonyl (C=O) groups excluding carboxylic acids is 2. The molecule has 0 unspecified atom stereocenters. The van der Waals surface area contributed by atoms with Crippen LogP contribution in [0, 0.1) is 21.7 Å². The molecule has 0 spiro atoms. The maximum Gasteiger partial charge on any atom is 0.282 e. The highest BCUT2D eigenvalue weighted by Crippen LogP contribution is 2.34. The molecule has 0 saturated heterocycles. The van der Waals surface area contributed by atoms with Gasteiger partial charge in [0.05, 0.1) is 16.2 Å². The van der Waals surface area contributed by atoms with Crippen LogP contribution >= 0.6 is 0 Å². The van der Waals surface area contributed by atoms with E-state index in [1.807, 2.05) is 0 Å². The number of nitrogens with one attached hydrogen (secondary N) is 1. The second kappa shape index (κ2) is 7.79. The van der Waals surface area contributed by atoms with Gasteiger partial charge >= 0.3 is 0 Å². The lowest BCUT2D eigenvalue weighted by Crippen LogP contribution is -2.32. The third-order valence-corrected chi connectivity index (χ3v) is 4.65. The van der Waals surface area contributed by atoms with Crippen molar-refractivity contribution in [3.05, 3.63) is 106 Å². The minimum atomic E-state index is -1.13. The average Bonchev–Trinajstić information content (AvgIpc) is 3.01. The Balaban J connectivity index is 1.82. The van der Waals surface area contributed by atoms with Crippen molar-refractivity contribution < 1.29 is 23.3 Å². The predicted molar refractivity (Wildman–Crippen MR) is 109 cm³/mol. The highest BCUT2D eigenvalue weighted by atomic mass is 19.2. The van der Waals surface area contributed by atoms with Gasteiger partial charge in [-0.05, 0) is 42.0 Å². The second-order valence-corrected chi connectivity index (χ2v) is 6.59. The van der Waals surface area contributed by atoms with Crippen molar-refractivity contribution in [1.29, 1.82) is 0 Å². The highest BCUT2D eigenvalue weighted by Gasteiger charge is 2.40. The fourth-order valence-electron chi connectivity index (χ4n) is 3.19. The number of hydrogen-bond acceptors (Lipinski definition) is 5. The summed E-state index contributed by atoms with van der Waals surface area (Å²) in [6.45, 7) is 0. The summed E-state index contributed by atoms with van der Waals surface area (Å²) in [5.74, 6) is -3.54. The number of nitro benzene ring substituents is 1. The van der Waals surface area contributed by atoms with Gasteiger partial charge in [0.15, 0.2) is 11.6 Å². The van der Waals surface area contributed by atoms with Crippen LogP contribution in [-0.4, -0.2) is 16.7 Å². The molecule has 7 nitrogen and oxygen atoms in total. The van der Waals surface area contributed by atoms with Crippen LogP contribution in [0.4, 0.5) is 25.8 Å². The molecule has 1 aliphatic heterocycles. The first-order valence-electron chi connectivity index (χ1n) is 9.02. The molecule has 0 atom stereocenters. The van der Waals surface area contributed by atoms with E-state index >= 15 is 0 Å². The molecule has 4 rings (SSSR count). The van der Waals surface area contributed by atoms with E-state index in [0.717, 1.165) is 17.0 Å². The van der Waals surface area contributed by atoms with Gasteiger partial charge in [0.25, 0.3) is 17.5 Å². The Bertz CT molecular complexity index is 1240. The minimum absolute atomic E-state index is 0.0477. The number of amides is 2. The summed E-state index contributed by atoms with van der Waals surface area (Å²) < 4.78 is 26.9. The van der Waals surface area contributed by atoms with Gasteiger partial charge in [-0.3, -0.25) is 19.7 Å². The lowest BCUT2D eigenvalue weighted by molar-refractivity contribution is -0.384. The van der Waals surface area contributed by atoms with Gasteiger partial charge < -0.3 is 5.32 Å². The number of nitro groups is 1. The molecule has 9 heteroatoms. The number of anilines is 2. The first kappa shape index (κ1) is 19.9. The molecule has 0 saturated carbocycles. The van der Waals surface area contributed by atoms with E-state index < -0.39 is 28.4 Å².